The van der Waals surface area contributed by atoms with Crippen LogP contribution in [0.3, 0.4) is 0 Å². The van der Waals surface area contributed by atoms with Crippen molar-refractivity contribution in [1.82, 2.24) is 0 Å². The van der Waals surface area contributed by atoms with Gasteiger partial charge in [-0.25, -0.2) is 0 Å². The van der Waals surface area contributed by atoms with E-state index >= 15 is 0 Å². The first-order valence-corrected chi connectivity index (χ1v) is 13.5. The van der Waals surface area contributed by atoms with E-state index in [1.165, 1.54) is 11.1 Å². The molecule has 8 nitrogen and oxygen atoms in total. The second-order valence-electron chi connectivity index (χ2n) is 9.83. The lowest BCUT2D eigenvalue weighted by Gasteiger charge is -2.16. The van der Waals surface area contributed by atoms with Gasteiger partial charge in [0.2, 0.25) is 0 Å². The van der Waals surface area contributed by atoms with E-state index in [-0.39, 0.29) is 31.1 Å². The third kappa shape index (κ3) is 9.09. The summed E-state index contributed by atoms with van der Waals surface area (Å²) >= 11 is 0. The number of rotatable bonds is 15. The van der Waals surface area contributed by atoms with Gasteiger partial charge in [0.05, 0.1) is 5.92 Å². The first-order chi connectivity index (χ1) is 18.8. The molecule has 3 rings (SSSR count). The van der Waals surface area contributed by atoms with Gasteiger partial charge in [0.15, 0.2) is 0 Å². The fraction of sp³-hybridized carbons (Fsp3) is 0.419. The van der Waals surface area contributed by atoms with Crippen molar-refractivity contribution in [3.63, 3.8) is 0 Å². The highest BCUT2D eigenvalue weighted by Gasteiger charge is 2.17. The Hall–Kier alpha value is -3.94. The zero-order chi connectivity index (χ0) is 28.2. The lowest BCUT2D eigenvalue weighted by Crippen LogP contribution is -2.17. The molecule has 208 valence electrons. The Labute approximate surface area is 229 Å². The summed E-state index contributed by atoms with van der Waals surface area (Å²) in [6.45, 7) is 6.00. The summed E-state index contributed by atoms with van der Waals surface area (Å²) in [5.41, 5.74) is 3.86. The molecule has 0 N–H and O–H groups in total. The van der Waals surface area contributed by atoms with Crippen LogP contribution in [-0.4, -0.2) is 17.0 Å². The maximum atomic E-state index is 12.5. The van der Waals surface area contributed by atoms with Crippen molar-refractivity contribution in [3.8, 4) is 5.75 Å². The van der Waals surface area contributed by atoms with Crippen LogP contribution in [0.5, 0.6) is 5.75 Å². The topological polar surface area (TPSA) is 105 Å². The summed E-state index contributed by atoms with van der Waals surface area (Å²) in [5.74, 6) is 0.0272. The van der Waals surface area contributed by atoms with Crippen LogP contribution in [-0.2, 0) is 38.8 Å². The Kier molecular flexibility index (Phi) is 11.3. The molecule has 0 fully saturated rings. The highest BCUT2D eigenvalue weighted by atomic mass is 16.9. The molecule has 8 heteroatoms. The van der Waals surface area contributed by atoms with E-state index in [0.29, 0.717) is 17.7 Å². The Balaban J connectivity index is 1.43. The predicted molar refractivity (Wildman–Crippen MR) is 149 cm³/mol. The summed E-state index contributed by atoms with van der Waals surface area (Å²) in [4.78, 5) is 39.2. The average molecular weight is 536 g/mol. The maximum Gasteiger partial charge on any atom is 0.314 e. The van der Waals surface area contributed by atoms with Crippen LogP contribution < -0.4 is 4.74 Å². The molecule has 1 unspecified atom stereocenters. The first kappa shape index (κ1) is 29.6. The van der Waals surface area contributed by atoms with Gasteiger partial charge in [-0.1, -0.05) is 75.2 Å². The average Bonchev–Trinajstić information content (AvgIpc) is 2.93. The van der Waals surface area contributed by atoms with Gasteiger partial charge < -0.3 is 14.3 Å². The highest BCUT2D eigenvalue weighted by molar-refractivity contribution is 5.94. The number of fused-ring (bicyclic) bond motifs is 1. The molecular weight excluding hydrogens is 498 g/mol. The number of esters is 2. The van der Waals surface area contributed by atoms with Gasteiger partial charge in [-0.15, -0.1) is 10.1 Å². The van der Waals surface area contributed by atoms with E-state index in [1.807, 2.05) is 32.0 Å². The molecule has 0 saturated heterocycles. The number of carbonyl (C=O) groups excluding carboxylic acids is 2. The maximum absolute atomic E-state index is 12.5. The Bertz CT molecular complexity index is 1270. The molecule has 0 radical (unpaired) electrons. The van der Waals surface area contributed by atoms with Crippen LogP contribution in [0.25, 0.3) is 10.8 Å². The van der Waals surface area contributed by atoms with Gasteiger partial charge in [0, 0.05) is 11.8 Å². The minimum Gasteiger partial charge on any atom is -0.461 e. The quantitative estimate of drug-likeness (QED) is 0.0675. The third-order valence-corrected chi connectivity index (χ3v) is 6.89. The van der Waals surface area contributed by atoms with Crippen LogP contribution >= 0.6 is 0 Å². The van der Waals surface area contributed by atoms with Crippen molar-refractivity contribution < 1.29 is 29.0 Å². The number of benzene rings is 3. The molecule has 3 aromatic carbocycles. The van der Waals surface area contributed by atoms with Crippen LogP contribution in [0.15, 0.2) is 54.6 Å². The molecule has 0 aliphatic heterocycles. The van der Waals surface area contributed by atoms with Gasteiger partial charge in [-0.2, -0.15) is 0 Å². The fourth-order valence-electron chi connectivity index (χ4n) is 4.32. The van der Waals surface area contributed by atoms with E-state index < -0.39 is 5.09 Å². The number of hydrogen-bond donors (Lipinski definition) is 0. The monoisotopic (exact) mass is 535 g/mol. The van der Waals surface area contributed by atoms with E-state index in [4.69, 9.17) is 9.47 Å². The van der Waals surface area contributed by atoms with Crippen molar-refractivity contribution in [1.29, 1.82) is 0 Å². The zero-order valence-electron chi connectivity index (χ0n) is 22.9. The second-order valence-corrected chi connectivity index (χ2v) is 9.83. The minimum absolute atomic E-state index is 0.111. The Morgan fingerprint density at radius 3 is 2.31 bits per heavy atom. The Morgan fingerprint density at radius 2 is 1.62 bits per heavy atom. The number of ether oxygens (including phenoxy) is 2. The SMILES string of the molecule is CCC(C)C(=O)Oc1cccc2ccc(C)c(CCCCCCC(=O)OCc3ccc(CO[N+](=O)[O-])cc3)c12. The lowest BCUT2D eigenvalue weighted by molar-refractivity contribution is -0.763. The predicted octanol–water partition coefficient (Wildman–Crippen LogP) is 7.04. The molecule has 0 heterocycles. The second kappa shape index (κ2) is 14.9. The number of unbranched alkanes of at least 4 members (excludes halogenated alkanes) is 3. The fourth-order valence-corrected chi connectivity index (χ4v) is 4.32. The Morgan fingerprint density at radius 1 is 0.923 bits per heavy atom. The minimum atomic E-state index is -0.829. The van der Waals surface area contributed by atoms with Crippen LogP contribution in [0.1, 0.15) is 74.6 Å². The van der Waals surface area contributed by atoms with Crippen molar-refractivity contribution in [2.45, 2.75) is 78.9 Å². The molecule has 0 bridgehead atoms. The van der Waals surface area contributed by atoms with Crippen molar-refractivity contribution in [2.24, 2.45) is 5.92 Å². The normalized spacial score (nSPS) is 11.7. The van der Waals surface area contributed by atoms with E-state index in [1.54, 1.807) is 24.3 Å². The number of nitrogens with zero attached hydrogens (tertiary/aromatic N) is 1. The smallest absolute Gasteiger partial charge is 0.314 e. The molecule has 1 atom stereocenters. The molecule has 0 amide bonds. The van der Waals surface area contributed by atoms with Gasteiger partial charge >= 0.3 is 11.9 Å². The summed E-state index contributed by atoms with van der Waals surface area (Å²) in [7, 11) is 0. The van der Waals surface area contributed by atoms with Crippen molar-refractivity contribution in [3.05, 3.63) is 87.0 Å². The number of aryl methyl sites for hydroxylation is 2. The molecule has 0 spiro atoms. The summed E-state index contributed by atoms with van der Waals surface area (Å²) in [6, 6.07) is 17.0. The summed E-state index contributed by atoms with van der Waals surface area (Å²) < 4.78 is 11.2. The molecule has 0 aromatic heterocycles. The highest BCUT2D eigenvalue weighted by Crippen LogP contribution is 2.33. The van der Waals surface area contributed by atoms with E-state index in [0.717, 1.165) is 54.9 Å². The van der Waals surface area contributed by atoms with E-state index in [2.05, 4.69) is 23.9 Å². The largest absolute Gasteiger partial charge is 0.461 e. The lowest BCUT2D eigenvalue weighted by atomic mass is 9.94. The van der Waals surface area contributed by atoms with Gasteiger partial charge in [-0.3, -0.25) is 9.59 Å². The van der Waals surface area contributed by atoms with Gasteiger partial charge in [-0.05, 0) is 66.3 Å². The van der Waals surface area contributed by atoms with Crippen molar-refractivity contribution in [2.75, 3.05) is 0 Å². The molecular formula is C31H37NO7. The number of hydrogen-bond acceptors (Lipinski definition) is 7. The molecule has 3 aromatic rings. The zero-order valence-corrected chi connectivity index (χ0v) is 22.9. The summed E-state index contributed by atoms with van der Waals surface area (Å²) in [6.07, 6.45) is 5.58. The van der Waals surface area contributed by atoms with Crippen LogP contribution in [0.2, 0.25) is 0 Å². The van der Waals surface area contributed by atoms with Gasteiger partial charge in [0.25, 0.3) is 5.09 Å². The number of carbonyl (C=O) groups is 2. The van der Waals surface area contributed by atoms with E-state index in [9.17, 15) is 19.7 Å². The first-order valence-electron chi connectivity index (χ1n) is 13.5. The van der Waals surface area contributed by atoms with Gasteiger partial charge in [0.1, 0.15) is 19.0 Å². The molecule has 39 heavy (non-hydrogen) atoms. The van der Waals surface area contributed by atoms with Crippen LogP contribution in [0.4, 0.5) is 0 Å². The third-order valence-electron chi connectivity index (χ3n) is 6.89. The summed E-state index contributed by atoms with van der Waals surface area (Å²) in [5, 5.41) is 11.5. The standard InChI is InChI=1S/C31H37NO7/c1-4-22(2)31(34)39-28-12-9-10-26-19-14-23(3)27(30(26)28)11-7-5-6-8-13-29(33)37-20-24-15-17-25(18-16-24)21-38-32(35)36/h9-10,12,14-19,22H,4-8,11,13,20-21H2,1-3H3. The van der Waals surface area contributed by atoms with Crippen molar-refractivity contribution >= 4 is 22.7 Å². The molecule has 0 aliphatic rings. The molecule has 0 aliphatic carbocycles. The molecule has 0 saturated carbocycles. The van der Waals surface area contributed by atoms with Crippen LogP contribution in [0, 0.1) is 23.0 Å².